The van der Waals surface area contributed by atoms with Crippen LogP contribution in [-0.2, 0) is 25.6 Å². The number of carbonyl (C=O) groups is 2. The fraction of sp³-hybridized carbons (Fsp3) is 0.576. The maximum absolute atomic E-state index is 13.5. The van der Waals surface area contributed by atoms with Crippen molar-refractivity contribution in [1.29, 1.82) is 0 Å². The van der Waals surface area contributed by atoms with Crippen LogP contribution in [0.15, 0.2) is 42.5 Å². The van der Waals surface area contributed by atoms with Crippen LogP contribution in [0, 0.1) is 12.8 Å². The number of rotatable bonds is 15. The number of methoxy groups -OCH3 is 1. The van der Waals surface area contributed by atoms with Gasteiger partial charge in [0.1, 0.15) is 6.04 Å². The summed E-state index contributed by atoms with van der Waals surface area (Å²) in [5.41, 5.74) is 4.39. The normalized spacial score (nSPS) is 16.2. The fourth-order valence-corrected chi connectivity index (χ4v) is 6.01. The quantitative estimate of drug-likeness (QED) is 0.234. The number of hydrogen-bond donors (Lipinski definition) is 1. The summed E-state index contributed by atoms with van der Waals surface area (Å²) in [6.07, 6.45) is 9.78. The lowest BCUT2D eigenvalue weighted by Gasteiger charge is -2.34. The Kier molecular flexibility index (Phi) is 13.5. The van der Waals surface area contributed by atoms with Gasteiger partial charge in [-0.25, -0.2) is 4.79 Å². The van der Waals surface area contributed by atoms with Gasteiger partial charge in [-0.3, -0.25) is 4.79 Å². The van der Waals surface area contributed by atoms with E-state index < -0.39 is 12.0 Å². The summed E-state index contributed by atoms with van der Waals surface area (Å²) in [7, 11) is 1.35. The molecule has 2 aromatic rings. The van der Waals surface area contributed by atoms with Crippen LogP contribution in [0.1, 0.15) is 80.3 Å². The Bertz CT molecular complexity index is 1080. The Morgan fingerprint density at radius 2 is 1.80 bits per heavy atom. The highest BCUT2D eigenvalue weighted by Gasteiger charge is 2.30. The molecule has 3 rings (SSSR count). The van der Waals surface area contributed by atoms with Crippen LogP contribution in [-0.4, -0.2) is 55.9 Å². The molecule has 3 atom stereocenters. The Balaban J connectivity index is 1.83. The first-order chi connectivity index (χ1) is 19.4. The summed E-state index contributed by atoms with van der Waals surface area (Å²) in [4.78, 5) is 25.9. The molecule has 2 unspecified atom stereocenters. The zero-order chi connectivity index (χ0) is 28.9. The van der Waals surface area contributed by atoms with Crippen molar-refractivity contribution >= 4 is 23.6 Å². The minimum Gasteiger partial charge on any atom is -0.467 e. The summed E-state index contributed by atoms with van der Waals surface area (Å²) < 4.78 is 17.7. The summed E-state index contributed by atoms with van der Waals surface area (Å²) in [5, 5.41) is 2.91. The molecule has 1 fully saturated rings. The van der Waals surface area contributed by atoms with Gasteiger partial charge in [0, 0.05) is 12.2 Å². The van der Waals surface area contributed by atoms with Crippen LogP contribution >= 0.6 is 11.8 Å². The van der Waals surface area contributed by atoms with Crippen LogP contribution in [0.25, 0.3) is 11.1 Å². The third kappa shape index (κ3) is 9.08. The number of thioether (sulfide) groups is 1. The third-order valence-corrected chi connectivity index (χ3v) is 8.41. The first kappa shape index (κ1) is 32.2. The maximum Gasteiger partial charge on any atom is 0.328 e. The van der Waals surface area contributed by atoms with Crippen LogP contribution in [0.5, 0.6) is 0 Å². The van der Waals surface area contributed by atoms with Crippen molar-refractivity contribution in [1.82, 2.24) is 5.32 Å². The smallest absolute Gasteiger partial charge is 0.328 e. The predicted molar refractivity (Wildman–Crippen MR) is 164 cm³/mol. The molecular weight excluding hydrogens is 522 g/mol. The molecule has 40 heavy (non-hydrogen) atoms. The van der Waals surface area contributed by atoms with E-state index in [0.29, 0.717) is 24.5 Å². The van der Waals surface area contributed by atoms with Crippen LogP contribution in [0.2, 0.25) is 0 Å². The molecule has 0 saturated heterocycles. The van der Waals surface area contributed by atoms with E-state index in [1.165, 1.54) is 39.2 Å². The average Bonchev–Trinajstić information content (AvgIpc) is 2.98. The van der Waals surface area contributed by atoms with Gasteiger partial charge in [-0.1, -0.05) is 56.5 Å². The molecule has 220 valence electrons. The van der Waals surface area contributed by atoms with Crippen LogP contribution < -0.4 is 5.32 Å². The van der Waals surface area contributed by atoms with E-state index in [4.69, 9.17) is 14.2 Å². The van der Waals surface area contributed by atoms with Crippen molar-refractivity contribution in [2.75, 3.05) is 25.7 Å². The van der Waals surface area contributed by atoms with Gasteiger partial charge in [0.25, 0.3) is 5.91 Å². The van der Waals surface area contributed by atoms with Crippen molar-refractivity contribution in [3.05, 3.63) is 59.2 Å². The largest absolute Gasteiger partial charge is 0.467 e. The summed E-state index contributed by atoms with van der Waals surface area (Å²) in [6.45, 7) is 7.49. The van der Waals surface area contributed by atoms with Crippen LogP contribution in [0.3, 0.4) is 0 Å². The monoisotopic (exact) mass is 569 g/mol. The lowest BCUT2D eigenvalue weighted by atomic mass is 9.83. The number of aryl methyl sites for hydroxylation is 1. The first-order valence-electron chi connectivity index (χ1n) is 14.7. The highest BCUT2D eigenvalue weighted by molar-refractivity contribution is 7.98. The highest BCUT2D eigenvalue weighted by atomic mass is 32.2. The predicted octanol–water partition coefficient (Wildman–Crippen LogP) is 6.97. The second-order valence-corrected chi connectivity index (χ2v) is 11.8. The molecule has 2 aromatic carbocycles. The number of amides is 1. The van der Waals surface area contributed by atoms with Crippen molar-refractivity contribution in [2.45, 2.75) is 90.6 Å². The molecule has 1 N–H and O–H groups in total. The standard InChI is InChI=1S/C33H47NO5S/c1-6-19-38-31(26-13-8-7-9-14-26)24(3)39-22-25-16-17-28(29(21-25)27-15-11-10-12-23(27)2)32(35)34-30(18-20-40-5)33(36)37-4/h10-12,15-17,21,24,26,30-31H,6-9,13-14,18-20,22H2,1-5H3,(H,34,35)/t24?,30-,31?/m0/s1. The van der Waals surface area contributed by atoms with E-state index in [9.17, 15) is 9.59 Å². The number of benzene rings is 2. The number of ether oxygens (including phenoxy) is 3. The van der Waals surface area contributed by atoms with Gasteiger partial charge in [0.15, 0.2) is 0 Å². The average molecular weight is 570 g/mol. The van der Waals surface area contributed by atoms with Gasteiger partial charge in [0.2, 0.25) is 0 Å². The van der Waals surface area contributed by atoms with E-state index in [1.54, 1.807) is 11.8 Å². The molecule has 1 aliphatic rings. The molecule has 6 nitrogen and oxygen atoms in total. The maximum atomic E-state index is 13.5. The topological polar surface area (TPSA) is 73.9 Å². The number of esters is 1. The van der Waals surface area contributed by atoms with Gasteiger partial charge in [-0.15, -0.1) is 0 Å². The molecule has 7 heteroatoms. The fourth-order valence-electron chi connectivity index (χ4n) is 5.53. The summed E-state index contributed by atoms with van der Waals surface area (Å²) in [5.74, 6) is 0.554. The van der Waals surface area contributed by atoms with Crippen molar-refractivity contribution in [2.24, 2.45) is 5.92 Å². The van der Waals surface area contributed by atoms with Gasteiger partial charge in [0.05, 0.1) is 25.9 Å². The molecule has 1 saturated carbocycles. The number of carbonyl (C=O) groups excluding carboxylic acids is 2. The minimum atomic E-state index is -0.696. The molecule has 0 aromatic heterocycles. The Morgan fingerprint density at radius 3 is 2.48 bits per heavy atom. The second kappa shape index (κ2) is 16.8. The summed E-state index contributed by atoms with van der Waals surface area (Å²) >= 11 is 1.63. The number of hydrogen-bond acceptors (Lipinski definition) is 6. The third-order valence-electron chi connectivity index (χ3n) is 7.77. The van der Waals surface area contributed by atoms with E-state index in [0.717, 1.165) is 41.0 Å². The molecule has 0 bridgehead atoms. The zero-order valence-corrected chi connectivity index (χ0v) is 25.7. The minimum absolute atomic E-state index is 0.0308. The van der Waals surface area contributed by atoms with E-state index in [2.05, 4.69) is 19.2 Å². The molecule has 0 aliphatic heterocycles. The molecule has 1 amide bonds. The van der Waals surface area contributed by atoms with E-state index in [-0.39, 0.29) is 18.1 Å². The Hall–Kier alpha value is -2.35. The van der Waals surface area contributed by atoms with Crippen molar-refractivity contribution in [3.8, 4) is 11.1 Å². The van der Waals surface area contributed by atoms with Gasteiger partial charge in [-0.05, 0) is 91.8 Å². The SMILES string of the molecule is CCCOC(C1CCCCC1)C(C)OCc1ccc(C(=O)N[C@@H](CCSC)C(=O)OC)c(-c2ccccc2C)c1. The molecular formula is C33H47NO5S. The van der Waals surface area contributed by atoms with Crippen molar-refractivity contribution < 1.29 is 23.8 Å². The summed E-state index contributed by atoms with van der Waals surface area (Å²) in [6, 6.07) is 13.2. The zero-order valence-electron chi connectivity index (χ0n) is 24.9. The van der Waals surface area contributed by atoms with Gasteiger partial charge < -0.3 is 19.5 Å². The lowest BCUT2D eigenvalue weighted by molar-refractivity contribution is -0.142. The van der Waals surface area contributed by atoms with E-state index in [1.807, 2.05) is 55.6 Å². The van der Waals surface area contributed by atoms with Gasteiger partial charge >= 0.3 is 5.97 Å². The molecule has 0 spiro atoms. The Morgan fingerprint density at radius 1 is 1.05 bits per heavy atom. The lowest BCUT2D eigenvalue weighted by Crippen LogP contribution is -2.42. The number of nitrogens with one attached hydrogen (secondary N) is 1. The van der Waals surface area contributed by atoms with Gasteiger partial charge in [-0.2, -0.15) is 11.8 Å². The molecule has 0 heterocycles. The van der Waals surface area contributed by atoms with Crippen molar-refractivity contribution in [3.63, 3.8) is 0 Å². The second-order valence-electron chi connectivity index (χ2n) is 10.8. The first-order valence-corrected chi connectivity index (χ1v) is 16.1. The Labute approximate surface area is 244 Å². The molecule has 1 aliphatic carbocycles. The molecule has 0 radical (unpaired) electrons. The van der Waals surface area contributed by atoms with E-state index >= 15 is 0 Å². The highest BCUT2D eigenvalue weighted by Crippen LogP contribution is 2.32. The van der Waals surface area contributed by atoms with Crippen LogP contribution in [0.4, 0.5) is 0 Å².